The third-order valence-electron chi connectivity index (χ3n) is 3.99. The van der Waals surface area contributed by atoms with Gasteiger partial charge in [0.2, 0.25) is 5.91 Å². The summed E-state index contributed by atoms with van der Waals surface area (Å²) in [6, 6.07) is 4.70. The van der Waals surface area contributed by atoms with Crippen LogP contribution in [0.25, 0.3) is 0 Å². The Kier molecular flexibility index (Phi) is 5.36. The summed E-state index contributed by atoms with van der Waals surface area (Å²) < 4.78 is 0. The first-order valence-corrected chi connectivity index (χ1v) is 7.77. The Morgan fingerprint density at radius 3 is 2.43 bits per heavy atom. The zero-order valence-electron chi connectivity index (χ0n) is 13.5. The van der Waals surface area contributed by atoms with Crippen molar-refractivity contribution in [3.63, 3.8) is 0 Å². The first-order chi connectivity index (χ1) is 10.9. The maximum atomic E-state index is 12.2. The van der Waals surface area contributed by atoms with Gasteiger partial charge in [-0.2, -0.15) is 0 Å². The van der Waals surface area contributed by atoms with E-state index in [1.807, 2.05) is 19.9 Å². The van der Waals surface area contributed by atoms with E-state index in [0.717, 1.165) is 24.0 Å². The third-order valence-corrected chi connectivity index (χ3v) is 3.99. The van der Waals surface area contributed by atoms with Crippen LogP contribution >= 0.6 is 0 Å². The fourth-order valence-electron chi connectivity index (χ4n) is 2.95. The topological polar surface area (TPSA) is 86.7 Å². The predicted octanol–water partition coefficient (Wildman–Crippen LogP) is 1.50. The Balaban J connectivity index is 1.97. The highest BCUT2D eigenvalue weighted by molar-refractivity contribution is 5.97. The third kappa shape index (κ3) is 4.31. The highest BCUT2D eigenvalue weighted by Crippen LogP contribution is 2.17. The number of carboxylic acids is 1. The first kappa shape index (κ1) is 17.0. The SMILES string of the molecule is Cc1cc(C)cc(C(=O)NCC(=O)N2CCCCC2C(=O)O)c1. The molecule has 1 fully saturated rings. The van der Waals surface area contributed by atoms with E-state index in [-0.39, 0.29) is 18.4 Å². The molecule has 0 spiro atoms. The lowest BCUT2D eigenvalue weighted by molar-refractivity contribution is -0.151. The van der Waals surface area contributed by atoms with E-state index in [1.165, 1.54) is 4.90 Å². The van der Waals surface area contributed by atoms with Gasteiger partial charge in [0.1, 0.15) is 6.04 Å². The van der Waals surface area contributed by atoms with Crippen LogP contribution in [0.4, 0.5) is 0 Å². The van der Waals surface area contributed by atoms with Crippen LogP contribution in [0, 0.1) is 13.8 Å². The molecule has 23 heavy (non-hydrogen) atoms. The molecule has 0 bridgehead atoms. The Hall–Kier alpha value is -2.37. The molecule has 2 rings (SSSR count). The highest BCUT2D eigenvalue weighted by atomic mass is 16.4. The number of benzene rings is 1. The molecular formula is C17H22N2O4. The summed E-state index contributed by atoms with van der Waals surface area (Å²) in [4.78, 5) is 37.0. The lowest BCUT2D eigenvalue weighted by Crippen LogP contribution is -2.51. The molecule has 6 nitrogen and oxygen atoms in total. The number of carbonyl (C=O) groups is 3. The lowest BCUT2D eigenvalue weighted by Gasteiger charge is -2.33. The number of rotatable bonds is 4. The minimum absolute atomic E-state index is 0.185. The normalized spacial score (nSPS) is 17.7. The van der Waals surface area contributed by atoms with Crippen LogP contribution in [0.1, 0.15) is 40.7 Å². The molecule has 1 saturated heterocycles. The molecule has 2 amide bonds. The first-order valence-electron chi connectivity index (χ1n) is 7.77. The summed E-state index contributed by atoms with van der Waals surface area (Å²) >= 11 is 0. The molecule has 1 aromatic carbocycles. The quantitative estimate of drug-likeness (QED) is 0.881. The summed E-state index contributed by atoms with van der Waals surface area (Å²) in [5.74, 6) is -1.66. The average Bonchev–Trinajstić information content (AvgIpc) is 2.51. The van der Waals surface area contributed by atoms with Gasteiger partial charge in [-0.15, -0.1) is 0 Å². The number of carbonyl (C=O) groups excluding carboxylic acids is 2. The Morgan fingerprint density at radius 2 is 1.83 bits per heavy atom. The predicted molar refractivity (Wildman–Crippen MR) is 85.2 cm³/mol. The van der Waals surface area contributed by atoms with Crippen molar-refractivity contribution in [2.24, 2.45) is 0 Å². The molecule has 1 aliphatic heterocycles. The van der Waals surface area contributed by atoms with Gasteiger partial charge in [0.25, 0.3) is 5.91 Å². The standard InChI is InChI=1S/C17H22N2O4/c1-11-7-12(2)9-13(8-11)16(21)18-10-15(20)19-6-4-3-5-14(19)17(22)23/h7-9,14H,3-6,10H2,1-2H3,(H,18,21)(H,22,23). The molecule has 0 aliphatic carbocycles. The van der Waals surface area contributed by atoms with Crippen LogP contribution in [-0.2, 0) is 9.59 Å². The van der Waals surface area contributed by atoms with Crippen LogP contribution in [0.2, 0.25) is 0 Å². The van der Waals surface area contributed by atoms with Crippen molar-refractivity contribution >= 4 is 17.8 Å². The van der Waals surface area contributed by atoms with Crippen LogP contribution in [0.15, 0.2) is 18.2 Å². The van der Waals surface area contributed by atoms with Crippen LogP contribution in [0.5, 0.6) is 0 Å². The summed E-state index contributed by atoms with van der Waals surface area (Å²) in [5.41, 5.74) is 2.45. The van der Waals surface area contributed by atoms with Crippen LogP contribution < -0.4 is 5.32 Å². The summed E-state index contributed by atoms with van der Waals surface area (Å²) in [7, 11) is 0. The van der Waals surface area contributed by atoms with Crippen molar-refractivity contribution in [1.82, 2.24) is 10.2 Å². The fourth-order valence-corrected chi connectivity index (χ4v) is 2.95. The summed E-state index contributed by atoms with van der Waals surface area (Å²) in [5, 5.41) is 11.8. The highest BCUT2D eigenvalue weighted by Gasteiger charge is 2.31. The Morgan fingerprint density at radius 1 is 1.17 bits per heavy atom. The maximum absolute atomic E-state index is 12.2. The van der Waals surface area contributed by atoms with E-state index in [1.54, 1.807) is 12.1 Å². The minimum atomic E-state index is -0.987. The van der Waals surface area contributed by atoms with Crippen LogP contribution in [-0.4, -0.2) is 46.9 Å². The molecule has 1 unspecified atom stereocenters. The molecule has 2 N–H and O–H groups in total. The number of aliphatic carboxylic acids is 1. The second-order valence-electron chi connectivity index (χ2n) is 6.00. The Labute approximate surface area is 135 Å². The number of hydrogen-bond donors (Lipinski definition) is 2. The van der Waals surface area contributed by atoms with E-state index in [9.17, 15) is 19.5 Å². The van der Waals surface area contributed by atoms with Gasteiger partial charge in [-0.25, -0.2) is 4.79 Å². The number of carboxylic acid groups (broad SMARTS) is 1. The van der Waals surface area contributed by atoms with E-state index in [4.69, 9.17) is 0 Å². The molecule has 1 atom stereocenters. The average molecular weight is 318 g/mol. The minimum Gasteiger partial charge on any atom is -0.480 e. The van der Waals surface area contributed by atoms with Gasteiger partial charge in [0.05, 0.1) is 6.54 Å². The molecular weight excluding hydrogens is 296 g/mol. The number of aryl methyl sites for hydroxylation is 2. The van der Waals surface area contributed by atoms with Crippen molar-refractivity contribution in [2.45, 2.75) is 39.2 Å². The molecule has 6 heteroatoms. The number of nitrogens with one attached hydrogen (secondary N) is 1. The van der Waals surface area contributed by atoms with Crippen molar-refractivity contribution in [2.75, 3.05) is 13.1 Å². The van der Waals surface area contributed by atoms with Crippen molar-refractivity contribution < 1.29 is 19.5 Å². The largest absolute Gasteiger partial charge is 0.480 e. The van der Waals surface area contributed by atoms with E-state index < -0.39 is 12.0 Å². The number of nitrogens with zero attached hydrogens (tertiary/aromatic N) is 1. The van der Waals surface area contributed by atoms with Gasteiger partial charge in [-0.3, -0.25) is 9.59 Å². The summed E-state index contributed by atoms with van der Waals surface area (Å²) in [6.45, 7) is 4.05. The summed E-state index contributed by atoms with van der Waals surface area (Å²) in [6.07, 6.45) is 2.06. The van der Waals surface area contributed by atoms with Gasteiger partial charge < -0.3 is 15.3 Å². The van der Waals surface area contributed by atoms with Gasteiger partial charge in [0, 0.05) is 12.1 Å². The van der Waals surface area contributed by atoms with Gasteiger partial charge >= 0.3 is 5.97 Å². The molecule has 0 saturated carbocycles. The monoisotopic (exact) mass is 318 g/mol. The second kappa shape index (κ2) is 7.26. The zero-order chi connectivity index (χ0) is 17.0. The van der Waals surface area contributed by atoms with Crippen molar-refractivity contribution in [3.8, 4) is 0 Å². The number of likely N-dealkylation sites (tertiary alicyclic amines) is 1. The molecule has 0 radical (unpaired) electrons. The van der Waals surface area contributed by atoms with Crippen LogP contribution in [0.3, 0.4) is 0 Å². The van der Waals surface area contributed by atoms with E-state index in [2.05, 4.69) is 5.32 Å². The van der Waals surface area contributed by atoms with Gasteiger partial charge in [0.15, 0.2) is 0 Å². The van der Waals surface area contributed by atoms with Crippen molar-refractivity contribution in [3.05, 3.63) is 34.9 Å². The maximum Gasteiger partial charge on any atom is 0.326 e. The van der Waals surface area contributed by atoms with Gasteiger partial charge in [-0.1, -0.05) is 17.2 Å². The number of amides is 2. The lowest BCUT2D eigenvalue weighted by atomic mass is 10.0. The number of hydrogen-bond acceptors (Lipinski definition) is 3. The Bertz CT molecular complexity index is 607. The van der Waals surface area contributed by atoms with Gasteiger partial charge in [-0.05, 0) is 45.2 Å². The second-order valence-corrected chi connectivity index (χ2v) is 6.00. The molecule has 1 aromatic rings. The van der Waals surface area contributed by atoms with Crippen molar-refractivity contribution in [1.29, 1.82) is 0 Å². The number of piperidine rings is 1. The van der Waals surface area contributed by atoms with E-state index in [0.29, 0.717) is 18.5 Å². The van der Waals surface area contributed by atoms with E-state index >= 15 is 0 Å². The molecule has 124 valence electrons. The molecule has 1 heterocycles. The fraction of sp³-hybridized carbons (Fsp3) is 0.471. The molecule has 1 aliphatic rings. The zero-order valence-corrected chi connectivity index (χ0v) is 13.5. The smallest absolute Gasteiger partial charge is 0.326 e. The molecule has 0 aromatic heterocycles.